The van der Waals surface area contributed by atoms with Gasteiger partial charge in [-0.05, 0) is 5.56 Å². The molecule has 0 spiro atoms. The average molecular weight is 309 g/mol. The van der Waals surface area contributed by atoms with Crippen LogP contribution in [0.2, 0.25) is 0 Å². The second kappa shape index (κ2) is 7.77. The minimum absolute atomic E-state index is 0.119. The zero-order valence-electron chi connectivity index (χ0n) is 12.5. The summed E-state index contributed by atoms with van der Waals surface area (Å²) in [6, 6.07) is 8.33. The number of amides is 1. The van der Waals surface area contributed by atoms with Crippen molar-refractivity contribution >= 4 is 12.1 Å². The normalized spacial score (nSPS) is 23.9. The molecule has 22 heavy (non-hydrogen) atoms. The first-order valence-corrected chi connectivity index (χ1v) is 6.85. The van der Waals surface area contributed by atoms with Crippen molar-refractivity contribution in [2.45, 2.75) is 24.9 Å². The van der Waals surface area contributed by atoms with Crippen LogP contribution in [0, 0.1) is 0 Å². The van der Waals surface area contributed by atoms with Crippen LogP contribution in [0.5, 0.6) is 0 Å². The molecule has 7 nitrogen and oxygen atoms in total. The Bertz CT molecular complexity index is 506. The van der Waals surface area contributed by atoms with Crippen LogP contribution in [0.15, 0.2) is 30.3 Å². The Kier molecular flexibility index (Phi) is 5.74. The van der Waals surface area contributed by atoms with Crippen molar-refractivity contribution in [3.63, 3.8) is 0 Å². The molecule has 2 rings (SSSR count). The number of hydrogen-bond donors (Lipinski definition) is 1. The molecule has 120 valence electrons. The molecule has 3 atom stereocenters. The van der Waals surface area contributed by atoms with E-state index in [1.807, 2.05) is 30.3 Å². The first kappa shape index (κ1) is 16.3. The highest BCUT2D eigenvalue weighted by Crippen LogP contribution is 2.19. The van der Waals surface area contributed by atoms with Gasteiger partial charge in [-0.3, -0.25) is 0 Å². The number of hydrogen-bond acceptors (Lipinski definition) is 6. The number of carbonyl (C=O) groups is 2. The highest BCUT2D eigenvalue weighted by Gasteiger charge is 2.46. The monoisotopic (exact) mass is 309 g/mol. The summed E-state index contributed by atoms with van der Waals surface area (Å²) >= 11 is 0. The zero-order valence-corrected chi connectivity index (χ0v) is 12.5. The van der Waals surface area contributed by atoms with Gasteiger partial charge >= 0.3 is 12.1 Å². The van der Waals surface area contributed by atoms with Gasteiger partial charge in [-0.2, -0.15) is 0 Å². The predicted molar refractivity (Wildman–Crippen MR) is 76.1 cm³/mol. The number of benzene rings is 1. The van der Waals surface area contributed by atoms with Crippen LogP contribution >= 0.6 is 0 Å². The van der Waals surface area contributed by atoms with E-state index in [2.05, 4.69) is 5.32 Å². The van der Waals surface area contributed by atoms with Gasteiger partial charge in [0, 0.05) is 14.2 Å². The molecule has 1 N–H and O–H groups in total. The third-order valence-corrected chi connectivity index (χ3v) is 3.31. The highest BCUT2D eigenvalue weighted by atomic mass is 16.6. The number of nitrogens with one attached hydrogen (secondary N) is 1. The van der Waals surface area contributed by atoms with E-state index in [4.69, 9.17) is 18.9 Å². The number of cyclic esters (lactones) is 1. The van der Waals surface area contributed by atoms with Crippen molar-refractivity contribution in [1.82, 2.24) is 5.32 Å². The Hall–Kier alpha value is -2.12. The lowest BCUT2D eigenvalue weighted by atomic mass is 10.1. The number of methoxy groups -OCH3 is 2. The molecule has 1 aromatic rings. The Morgan fingerprint density at radius 1 is 1.27 bits per heavy atom. The molecule has 1 aliphatic heterocycles. The van der Waals surface area contributed by atoms with Gasteiger partial charge < -0.3 is 24.3 Å². The molecule has 0 aliphatic carbocycles. The summed E-state index contributed by atoms with van der Waals surface area (Å²) in [7, 11) is 2.94. The van der Waals surface area contributed by atoms with Crippen LogP contribution in [0.3, 0.4) is 0 Å². The SMILES string of the molecule is COC[C@H]1OC(=O)[C@@H](NC(=O)OCc2ccccc2)[C@@H]1OC. The van der Waals surface area contributed by atoms with Crippen LogP contribution in [-0.4, -0.2) is 51.1 Å². The minimum atomic E-state index is -0.909. The van der Waals surface area contributed by atoms with E-state index in [0.717, 1.165) is 5.56 Å². The van der Waals surface area contributed by atoms with Gasteiger partial charge in [0.05, 0.1) is 6.61 Å². The molecule has 0 unspecified atom stereocenters. The molecule has 1 saturated heterocycles. The van der Waals surface area contributed by atoms with Crippen molar-refractivity contribution in [3.8, 4) is 0 Å². The molecule has 0 saturated carbocycles. The Morgan fingerprint density at radius 3 is 2.64 bits per heavy atom. The summed E-state index contributed by atoms with van der Waals surface area (Å²) in [4.78, 5) is 23.6. The Labute approximate surface area is 128 Å². The van der Waals surface area contributed by atoms with Gasteiger partial charge in [-0.25, -0.2) is 9.59 Å². The van der Waals surface area contributed by atoms with Gasteiger partial charge in [0.25, 0.3) is 0 Å². The maximum absolute atomic E-state index is 11.8. The number of carbonyl (C=O) groups excluding carboxylic acids is 2. The van der Waals surface area contributed by atoms with E-state index in [9.17, 15) is 9.59 Å². The van der Waals surface area contributed by atoms with Crippen molar-refractivity contribution in [3.05, 3.63) is 35.9 Å². The third-order valence-electron chi connectivity index (χ3n) is 3.31. The first-order valence-electron chi connectivity index (χ1n) is 6.85. The molecule has 0 bridgehead atoms. The maximum Gasteiger partial charge on any atom is 0.408 e. The molecule has 1 aliphatic rings. The van der Waals surface area contributed by atoms with Crippen LogP contribution in [-0.2, 0) is 30.3 Å². The topological polar surface area (TPSA) is 83.1 Å². The quantitative estimate of drug-likeness (QED) is 0.785. The van der Waals surface area contributed by atoms with Gasteiger partial charge in [-0.15, -0.1) is 0 Å². The largest absolute Gasteiger partial charge is 0.455 e. The number of ether oxygens (including phenoxy) is 4. The number of esters is 1. The van der Waals surface area contributed by atoms with E-state index in [0.29, 0.717) is 0 Å². The Balaban J connectivity index is 1.88. The van der Waals surface area contributed by atoms with E-state index in [-0.39, 0.29) is 13.2 Å². The van der Waals surface area contributed by atoms with E-state index >= 15 is 0 Å². The number of rotatable bonds is 6. The Morgan fingerprint density at radius 2 is 2.00 bits per heavy atom. The fourth-order valence-electron chi connectivity index (χ4n) is 2.25. The molecular formula is C15H19NO6. The first-order chi connectivity index (χ1) is 10.7. The molecule has 7 heteroatoms. The molecular weight excluding hydrogens is 290 g/mol. The van der Waals surface area contributed by atoms with Crippen molar-refractivity contribution < 1.29 is 28.5 Å². The summed E-state index contributed by atoms with van der Waals surface area (Å²) in [5.74, 6) is -0.564. The second-order valence-electron chi connectivity index (χ2n) is 4.81. The molecule has 1 amide bonds. The van der Waals surface area contributed by atoms with Crippen molar-refractivity contribution in [2.75, 3.05) is 20.8 Å². The van der Waals surface area contributed by atoms with Crippen molar-refractivity contribution in [2.24, 2.45) is 0 Å². The van der Waals surface area contributed by atoms with Gasteiger partial charge in [0.2, 0.25) is 0 Å². The minimum Gasteiger partial charge on any atom is -0.455 e. The standard InChI is InChI=1S/C15H19NO6/c1-19-9-11-13(20-2)12(14(17)22-11)16-15(18)21-8-10-6-4-3-5-7-10/h3-7,11-13H,8-9H2,1-2H3,(H,16,18)/t11-,12+,13-/m1/s1. The fourth-order valence-corrected chi connectivity index (χ4v) is 2.25. The van der Waals surface area contributed by atoms with Crippen LogP contribution < -0.4 is 5.32 Å². The van der Waals surface area contributed by atoms with Crippen LogP contribution in [0.1, 0.15) is 5.56 Å². The molecule has 0 radical (unpaired) electrons. The van der Waals surface area contributed by atoms with Gasteiger partial charge in [-0.1, -0.05) is 30.3 Å². The lowest BCUT2D eigenvalue weighted by Gasteiger charge is -2.19. The maximum atomic E-state index is 11.8. The lowest BCUT2D eigenvalue weighted by molar-refractivity contribution is -0.144. The third kappa shape index (κ3) is 3.96. The summed E-state index contributed by atoms with van der Waals surface area (Å²) < 4.78 is 20.4. The lowest BCUT2D eigenvalue weighted by Crippen LogP contribution is -2.47. The fraction of sp³-hybridized carbons (Fsp3) is 0.467. The van der Waals surface area contributed by atoms with E-state index < -0.39 is 30.3 Å². The summed E-state index contributed by atoms with van der Waals surface area (Å²) in [5.41, 5.74) is 0.854. The van der Waals surface area contributed by atoms with E-state index in [1.54, 1.807) is 0 Å². The van der Waals surface area contributed by atoms with E-state index in [1.165, 1.54) is 14.2 Å². The van der Waals surface area contributed by atoms with Gasteiger partial charge in [0.15, 0.2) is 12.1 Å². The molecule has 1 heterocycles. The van der Waals surface area contributed by atoms with Crippen LogP contribution in [0.25, 0.3) is 0 Å². The predicted octanol–water partition coefficient (Wildman–Crippen LogP) is 0.868. The average Bonchev–Trinajstić information content (AvgIpc) is 2.82. The summed E-state index contributed by atoms with van der Waals surface area (Å²) in [6.45, 7) is 0.315. The zero-order chi connectivity index (χ0) is 15.9. The summed E-state index contributed by atoms with van der Waals surface area (Å²) in [6.07, 6.45) is -1.87. The second-order valence-corrected chi connectivity index (χ2v) is 4.81. The summed E-state index contributed by atoms with van der Waals surface area (Å²) in [5, 5.41) is 2.47. The number of alkyl carbamates (subject to hydrolysis) is 1. The van der Waals surface area contributed by atoms with Crippen LogP contribution in [0.4, 0.5) is 4.79 Å². The molecule has 1 aromatic carbocycles. The van der Waals surface area contributed by atoms with Gasteiger partial charge in [0.1, 0.15) is 12.7 Å². The molecule has 0 aromatic heterocycles. The highest BCUT2D eigenvalue weighted by molar-refractivity contribution is 5.84. The smallest absolute Gasteiger partial charge is 0.408 e. The van der Waals surface area contributed by atoms with Crippen molar-refractivity contribution in [1.29, 1.82) is 0 Å². The molecule has 1 fully saturated rings.